The van der Waals surface area contributed by atoms with Gasteiger partial charge in [-0.25, -0.2) is 0 Å². The summed E-state index contributed by atoms with van der Waals surface area (Å²) >= 11 is 0. The first-order valence-electron chi connectivity index (χ1n) is 9.96. The van der Waals surface area contributed by atoms with Crippen LogP contribution in [0, 0.1) is 0 Å². The fourth-order valence-electron chi connectivity index (χ4n) is 5.01. The maximum atomic E-state index is 6.46. The van der Waals surface area contributed by atoms with Crippen LogP contribution in [-0.2, 0) is 0 Å². The molecule has 1 aliphatic carbocycles. The van der Waals surface area contributed by atoms with Crippen LogP contribution in [0.4, 0.5) is 0 Å². The van der Waals surface area contributed by atoms with Gasteiger partial charge in [-0.2, -0.15) is 0 Å². The highest BCUT2D eigenvalue weighted by atomic mass is 16.3. The van der Waals surface area contributed by atoms with Crippen LogP contribution in [0.25, 0.3) is 66.1 Å². The van der Waals surface area contributed by atoms with Crippen molar-refractivity contribution in [1.29, 1.82) is 0 Å². The van der Waals surface area contributed by atoms with E-state index in [1.807, 2.05) is 6.07 Å². The minimum Gasteiger partial charge on any atom is -0.455 e. The van der Waals surface area contributed by atoms with E-state index in [1.165, 1.54) is 54.9 Å². The molecule has 0 unspecified atom stereocenters. The molecule has 0 N–H and O–H groups in total. The van der Waals surface area contributed by atoms with Gasteiger partial charge in [0.1, 0.15) is 11.2 Å². The molecule has 0 spiro atoms. The van der Waals surface area contributed by atoms with Gasteiger partial charge < -0.3 is 4.42 Å². The monoisotopic (exact) mass is 368 g/mol. The van der Waals surface area contributed by atoms with Gasteiger partial charge in [0.15, 0.2) is 0 Å². The van der Waals surface area contributed by atoms with E-state index in [2.05, 4.69) is 91.0 Å². The van der Waals surface area contributed by atoms with E-state index in [0.29, 0.717) is 0 Å². The largest absolute Gasteiger partial charge is 0.455 e. The molecular weight excluding hydrogens is 352 g/mol. The molecule has 7 rings (SSSR count). The van der Waals surface area contributed by atoms with Crippen molar-refractivity contribution in [2.45, 2.75) is 0 Å². The summed E-state index contributed by atoms with van der Waals surface area (Å²) in [6.07, 6.45) is 0. The molecule has 0 radical (unpaired) electrons. The van der Waals surface area contributed by atoms with Gasteiger partial charge in [0, 0.05) is 16.3 Å². The molecule has 0 atom stereocenters. The lowest BCUT2D eigenvalue weighted by atomic mass is 9.92. The Labute approximate surface area is 167 Å². The van der Waals surface area contributed by atoms with Crippen LogP contribution < -0.4 is 0 Å². The Morgan fingerprint density at radius 2 is 1.14 bits per heavy atom. The summed E-state index contributed by atoms with van der Waals surface area (Å²) in [6.45, 7) is 0. The van der Waals surface area contributed by atoms with Crippen LogP contribution in [0.5, 0.6) is 0 Å². The fourth-order valence-corrected chi connectivity index (χ4v) is 5.01. The third kappa shape index (κ3) is 1.89. The van der Waals surface area contributed by atoms with Crippen molar-refractivity contribution in [2.75, 3.05) is 0 Å². The molecule has 1 heterocycles. The third-order valence-electron chi connectivity index (χ3n) is 6.23. The van der Waals surface area contributed by atoms with Crippen molar-refractivity contribution >= 4 is 32.7 Å². The summed E-state index contributed by atoms with van der Waals surface area (Å²) in [4.78, 5) is 0. The molecule has 0 bridgehead atoms. The van der Waals surface area contributed by atoms with E-state index in [4.69, 9.17) is 4.42 Å². The van der Waals surface area contributed by atoms with Gasteiger partial charge >= 0.3 is 0 Å². The second kappa shape index (κ2) is 5.36. The highest BCUT2D eigenvalue weighted by molar-refractivity contribution is 6.19. The van der Waals surface area contributed by atoms with Crippen LogP contribution in [-0.4, -0.2) is 0 Å². The summed E-state index contributed by atoms with van der Waals surface area (Å²) in [5.41, 5.74) is 9.39. The molecule has 1 heteroatoms. The first-order chi connectivity index (χ1) is 14.4. The van der Waals surface area contributed by atoms with Gasteiger partial charge in [-0.1, -0.05) is 84.9 Å². The Morgan fingerprint density at radius 3 is 2.00 bits per heavy atom. The number of benzene rings is 5. The van der Waals surface area contributed by atoms with Crippen LogP contribution >= 0.6 is 0 Å². The first-order valence-corrected chi connectivity index (χ1v) is 9.96. The smallest absolute Gasteiger partial charge is 0.143 e. The van der Waals surface area contributed by atoms with Gasteiger partial charge in [0.2, 0.25) is 0 Å². The average Bonchev–Trinajstić information content (AvgIpc) is 3.11. The number of hydrogen-bond donors (Lipinski definition) is 0. The maximum Gasteiger partial charge on any atom is 0.143 e. The molecule has 0 amide bonds. The van der Waals surface area contributed by atoms with E-state index < -0.39 is 0 Å². The molecule has 0 saturated heterocycles. The standard InChI is InChI=1S/C28H16O/c1-2-11-21-18(9-1)20-12-5-7-17-8-6-13-22(26(17)20)23-15-16-24-19-10-3-4-14-25(19)29-28(24)27(21)23/h1-16H. The summed E-state index contributed by atoms with van der Waals surface area (Å²) in [6, 6.07) is 34.7. The second-order valence-corrected chi connectivity index (χ2v) is 7.72. The first kappa shape index (κ1) is 15.1. The third-order valence-corrected chi connectivity index (χ3v) is 6.23. The molecule has 6 aromatic rings. The summed E-state index contributed by atoms with van der Waals surface area (Å²) in [5.74, 6) is 0. The lowest BCUT2D eigenvalue weighted by Gasteiger charge is -2.11. The van der Waals surface area contributed by atoms with Crippen LogP contribution in [0.15, 0.2) is 101 Å². The van der Waals surface area contributed by atoms with Gasteiger partial charge in [-0.15, -0.1) is 0 Å². The van der Waals surface area contributed by atoms with Gasteiger partial charge in [0.05, 0.1) is 0 Å². The van der Waals surface area contributed by atoms with Crippen molar-refractivity contribution in [1.82, 2.24) is 0 Å². The number of fused-ring (bicyclic) bond motifs is 9. The lowest BCUT2D eigenvalue weighted by molar-refractivity contribution is 0.670. The van der Waals surface area contributed by atoms with Crippen LogP contribution in [0.2, 0.25) is 0 Å². The van der Waals surface area contributed by atoms with Gasteiger partial charge in [-0.05, 0) is 50.7 Å². The number of para-hydroxylation sites is 1. The minimum atomic E-state index is 0.938. The zero-order chi connectivity index (χ0) is 18.9. The molecule has 29 heavy (non-hydrogen) atoms. The van der Waals surface area contributed by atoms with Crippen LogP contribution in [0.3, 0.4) is 0 Å². The SMILES string of the molecule is c1ccc2c(c1)-c1c(ccc3c1oc1ccccc13)-c1cccc3cccc-2c13. The Morgan fingerprint density at radius 1 is 0.448 bits per heavy atom. The second-order valence-electron chi connectivity index (χ2n) is 7.72. The number of hydrogen-bond acceptors (Lipinski definition) is 1. The van der Waals surface area contributed by atoms with Crippen molar-refractivity contribution in [3.8, 4) is 33.4 Å². The fraction of sp³-hybridized carbons (Fsp3) is 0. The van der Waals surface area contributed by atoms with E-state index in [9.17, 15) is 0 Å². The van der Waals surface area contributed by atoms with Crippen molar-refractivity contribution in [3.05, 3.63) is 97.1 Å². The Bertz CT molecular complexity index is 1590. The summed E-state index contributed by atoms with van der Waals surface area (Å²) in [5, 5.41) is 4.93. The Balaban J connectivity index is 1.78. The average molecular weight is 368 g/mol. The highest BCUT2D eigenvalue weighted by Crippen LogP contribution is 2.50. The van der Waals surface area contributed by atoms with Gasteiger partial charge in [0.25, 0.3) is 0 Å². The maximum absolute atomic E-state index is 6.46. The predicted octanol–water partition coefficient (Wildman–Crippen LogP) is 8.05. The highest BCUT2D eigenvalue weighted by Gasteiger charge is 2.24. The zero-order valence-electron chi connectivity index (χ0n) is 15.6. The molecule has 1 nitrogen and oxygen atoms in total. The molecule has 134 valence electrons. The lowest BCUT2D eigenvalue weighted by Crippen LogP contribution is -1.86. The zero-order valence-corrected chi connectivity index (χ0v) is 15.6. The molecule has 1 aliphatic rings. The minimum absolute atomic E-state index is 0.938. The van der Waals surface area contributed by atoms with E-state index in [1.54, 1.807) is 0 Å². The summed E-state index contributed by atoms with van der Waals surface area (Å²) < 4.78 is 6.46. The van der Waals surface area contributed by atoms with Crippen molar-refractivity contribution < 1.29 is 4.42 Å². The number of rotatable bonds is 0. The van der Waals surface area contributed by atoms with Crippen molar-refractivity contribution in [3.63, 3.8) is 0 Å². The molecule has 0 fully saturated rings. The topological polar surface area (TPSA) is 13.1 Å². The molecular formula is C28H16O. The number of furan rings is 1. The van der Waals surface area contributed by atoms with Crippen LogP contribution in [0.1, 0.15) is 0 Å². The van der Waals surface area contributed by atoms with Crippen molar-refractivity contribution in [2.24, 2.45) is 0 Å². The van der Waals surface area contributed by atoms with E-state index in [-0.39, 0.29) is 0 Å². The molecule has 0 aliphatic heterocycles. The van der Waals surface area contributed by atoms with E-state index >= 15 is 0 Å². The van der Waals surface area contributed by atoms with E-state index in [0.717, 1.165) is 11.2 Å². The summed E-state index contributed by atoms with van der Waals surface area (Å²) in [7, 11) is 0. The molecule has 1 aromatic heterocycles. The predicted molar refractivity (Wildman–Crippen MR) is 121 cm³/mol. The Hall–Kier alpha value is -3.84. The Kier molecular flexibility index (Phi) is 2.80. The quantitative estimate of drug-likeness (QED) is 0.264. The normalized spacial score (nSPS) is 12.1. The molecule has 5 aromatic carbocycles. The molecule has 0 saturated carbocycles. The van der Waals surface area contributed by atoms with Gasteiger partial charge in [-0.3, -0.25) is 0 Å².